The number of morpholine rings is 1. The van der Waals surface area contributed by atoms with Crippen LogP contribution < -0.4 is 0 Å². The predicted molar refractivity (Wildman–Crippen MR) is 80.2 cm³/mol. The SMILES string of the molecule is CCCCc1nc(CN2CCO[C@@H](Cn3cccn3)C2)no1. The van der Waals surface area contributed by atoms with Crippen molar-refractivity contribution in [1.82, 2.24) is 24.8 Å². The lowest BCUT2D eigenvalue weighted by Crippen LogP contribution is -2.43. The Labute approximate surface area is 130 Å². The molecule has 1 saturated heterocycles. The summed E-state index contributed by atoms with van der Waals surface area (Å²) in [6, 6.07) is 1.93. The highest BCUT2D eigenvalue weighted by molar-refractivity contribution is 4.88. The molecular formula is C15H23N5O2. The third-order valence-electron chi connectivity index (χ3n) is 3.79. The lowest BCUT2D eigenvalue weighted by atomic mass is 10.2. The Balaban J connectivity index is 1.50. The van der Waals surface area contributed by atoms with Crippen LogP contribution >= 0.6 is 0 Å². The molecule has 2 aromatic rings. The van der Waals surface area contributed by atoms with Gasteiger partial charge in [0.25, 0.3) is 0 Å². The number of ether oxygens (including phenoxy) is 1. The fraction of sp³-hybridized carbons (Fsp3) is 0.667. The highest BCUT2D eigenvalue weighted by Gasteiger charge is 2.22. The summed E-state index contributed by atoms with van der Waals surface area (Å²) in [4.78, 5) is 6.78. The van der Waals surface area contributed by atoms with Gasteiger partial charge in [0.1, 0.15) is 0 Å². The van der Waals surface area contributed by atoms with Crippen LogP contribution in [0.1, 0.15) is 31.5 Å². The first-order chi connectivity index (χ1) is 10.8. The molecule has 1 fully saturated rings. The summed E-state index contributed by atoms with van der Waals surface area (Å²) < 4.78 is 13.0. The lowest BCUT2D eigenvalue weighted by molar-refractivity contribution is -0.0410. The van der Waals surface area contributed by atoms with E-state index in [9.17, 15) is 0 Å². The smallest absolute Gasteiger partial charge is 0.226 e. The number of nitrogens with zero attached hydrogens (tertiary/aromatic N) is 5. The average Bonchev–Trinajstić information content (AvgIpc) is 3.17. The molecule has 0 N–H and O–H groups in total. The van der Waals surface area contributed by atoms with Crippen molar-refractivity contribution < 1.29 is 9.26 Å². The number of aromatic nitrogens is 4. The zero-order valence-electron chi connectivity index (χ0n) is 13.0. The topological polar surface area (TPSA) is 69.2 Å². The summed E-state index contributed by atoms with van der Waals surface area (Å²) in [7, 11) is 0. The van der Waals surface area contributed by atoms with Crippen LogP contribution in [0.2, 0.25) is 0 Å². The molecular weight excluding hydrogens is 282 g/mol. The van der Waals surface area contributed by atoms with Crippen molar-refractivity contribution >= 4 is 0 Å². The van der Waals surface area contributed by atoms with Crippen LogP contribution in [0.3, 0.4) is 0 Å². The van der Waals surface area contributed by atoms with Crippen LogP contribution in [0.25, 0.3) is 0 Å². The molecule has 120 valence electrons. The molecule has 22 heavy (non-hydrogen) atoms. The Morgan fingerprint density at radius 1 is 1.41 bits per heavy atom. The van der Waals surface area contributed by atoms with Crippen LogP contribution in [0.4, 0.5) is 0 Å². The van der Waals surface area contributed by atoms with Crippen LogP contribution in [0, 0.1) is 0 Å². The van der Waals surface area contributed by atoms with E-state index in [1.165, 1.54) is 0 Å². The van der Waals surface area contributed by atoms with E-state index in [1.54, 1.807) is 6.20 Å². The van der Waals surface area contributed by atoms with Crippen molar-refractivity contribution in [2.24, 2.45) is 0 Å². The molecule has 1 aliphatic rings. The van der Waals surface area contributed by atoms with Crippen molar-refractivity contribution in [2.45, 2.75) is 45.4 Å². The Morgan fingerprint density at radius 2 is 2.36 bits per heavy atom. The standard InChI is InChI=1S/C15H23N5O2/c1-2-3-5-15-17-14(18-22-15)12-19-8-9-21-13(10-19)11-20-7-4-6-16-20/h4,6-7,13H,2-3,5,8-12H2,1H3/t13-/m1/s1. The second-order valence-corrected chi connectivity index (χ2v) is 5.66. The molecule has 1 aliphatic heterocycles. The third kappa shape index (κ3) is 4.14. The van der Waals surface area contributed by atoms with Gasteiger partial charge in [-0.05, 0) is 12.5 Å². The number of aryl methyl sites for hydroxylation is 1. The summed E-state index contributed by atoms with van der Waals surface area (Å²) in [5.41, 5.74) is 0. The monoisotopic (exact) mass is 305 g/mol. The van der Waals surface area contributed by atoms with E-state index in [1.807, 2.05) is 16.9 Å². The molecule has 0 aliphatic carbocycles. The number of hydrogen-bond acceptors (Lipinski definition) is 6. The van der Waals surface area contributed by atoms with E-state index in [0.717, 1.165) is 57.2 Å². The molecule has 0 spiro atoms. The fourth-order valence-electron chi connectivity index (χ4n) is 2.64. The zero-order chi connectivity index (χ0) is 15.2. The van der Waals surface area contributed by atoms with Crippen molar-refractivity contribution in [2.75, 3.05) is 19.7 Å². The quantitative estimate of drug-likeness (QED) is 0.772. The normalized spacial score (nSPS) is 19.6. The van der Waals surface area contributed by atoms with Crippen LogP contribution in [0.15, 0.2) is 23.0 Å². The highest BCUT2D eigenvalue weighted by atomic mass is 16.5. The molecule has 7 nitrogen and oxygen atoms in total. The molecule has 2 aromatic heterocycles. The first-order valence-electron chi connectivity index (χ1n) is 7.96. The zero-order valence-corrected chi connectivity index (χ0v) is 13.0. The summed E-state index contributed by atoms with van der Waals surface area (Å²) in [5, 5.41) is 8.31. The van der Waals surface area contributed by atoms with Crippen LogP contribution in [-0.4, -0.2) is 50.6 Å². The predicted octanol–water partition coefficient (Wildman–Crippen LogP) is 1.51. The molecule has 1 atom stereocenters. The fourth-order valence-corrected chi connectivity index (χ4v) is 2.64. The van der Waals surface area contributed by atoms with E-state index in [-0.39, 0.29) is 6.10 Å². The van der Waals surface area contributed by atoms with E-state index in [2.05, 4.69) is 27.1 Å². The summed E-state index contributed by atoms with van der Waals surface area (Å²) in [5.74, 6) is 1.52. The Morgan fingerprint density at radius 3 is 3.18 bits per heavy atom. The number of hydrogen-bond donors (Lipinski definition) is 0. The van der Waals surface area contributed by atoms with Crippen LogP contribution in [0.5, 0.6) is 0 Å². The molecule has 0 saturated carbocycles. The molecule has 7 heteroatoms. The van der Waals surface area contributed by atoms with Gasteiger partial charge < -0.3 is 9.26 Å². The van der Waals surface area contributed by atoms with Gasteiger partial charge in [-0.2, -0.15) is 10.1 Å². The maximum absolute atomic E-state index is 5.81. The molecule has 0 amide bonds. The van der Waals surface area contributed by atoms with Gasteiger partial charge >= 0.3 is 0 Å². The van der Waals surface area contributed by atoms with Gasteiger partial charge in [-0.15, -0.1) is 0 Å². The third-order valence-corrected chi connectivity index (χ3v) is 3.79. The molecule has 0 aromatic carbocycles. The summed E-state index contributed by atoms with van der Waals surface area (Å²) in [6.07, 6.45) is 7.00. The minimum atomic E-state index is 0.153. The van der Waals surface area contributed by atoms with Gasteiger partial charge in [0.15, 0.2) is 5.82 Å². The van der Waals surface area contributed by atoms with Gasteiger partial charge in [-0.3, -0.25) is 9.58 Å². The van der Waals surface area contributed by atoms with Crippen molar-refractivity contribution in [1.29, 1.82) is 0 Å². The highest BCUT2D eigenvalue weighted by Crippen LogP contribution is 2.11. The van der Waals surface area contributed by atoms with Crippen molar-refractivity contribution in [3.63, 3.8) is 0 Å². The second-order valence-electron chi connectivity index (χ2n) is 5.66. The molecule has 3 rings (SSSR count). The van der Waals surface area contributed by atoms with Crippen LogP contribution in [-0.2, 0) is 24.2 Å². The van der Waals surface area contributed by atoms with E-state index in [0.29, 0.717) is 6.54 Å². The molecule has 0 bridgehead atoms. The maximum Gasteiger partial charge on any atom is 0.226 e. The Bertz CT molecular complexity index is 554. The van der Waals surface area contributed by atoms with E-state index < -0.39 is 0 Å². The number of unbranched alkanes of at least 4 members (excludes halogenated alkanes) is 1. The largest absolute Gasteiger partial charge is 0.374 e. The van der Waals surface area contributed by atoms with E-state index in [4.69, 9.17) is 9.26 Å². The second kappa shape index (κ2) is 7.51. The molecule has 0 radical (unpaired) electrons. The van der Waals surface area contributed by atoms with E-state index >= 15 is 0 Å². The minimum absolute atomic E-state index is 0.153. The summed E-state index contributed by atoms with van der Waals surface area (Å²) in [6.45, 7) is 6.14. The average molecular weight is 305 g/mol. The van der Waals surface area contributed by atoms with Gasteiger partial charge in [-0.1, -0.05) is 18.5 Å². The van der Waals surface area contributed by atoms with Gasteiger partial charge in [0.2, 0.25) is 5.89 Å². The Kier molecular flexibility index (Phi) is 5.18. The van der Waals surface area contributed by atoms with Gasteiger partial charge in [0.05, 0.1) is 25.8 Å². The van der Waals surface area contributed by atoms with Crippen molar-refractivity contribution in [3.8, 4) is 0 Å². The first kappa shape index (κ1) is 15.2. The summed E-state index contributed by atoms with van der Waals surface area (Å²) >= 11 is 0. The van der Waals surface area contributed by atoms with Gasteiger partial charge in [-0.25, -0.2) is 0 Å². The first-order valence-corrected chi connectivity index (χ1v) is 7.96. The van der Waals surface area contributed by atoms with Gasteiger partial charge in [0, 0.05) is 31.9 Å². The van der Waals surface area contributed by atoms with Crippen molar-refractivity contribution in [3.05, 3.63) is 30.2 Å². The lowest BCUT2D eigenvalue weighted by Gasteiger charge is -2.31. The minimum Gasteiger partial charge on any atom is -0.374 e. The number of rotatable bonds is 7. The Hall–Kier alpha value is -1.73. The maximum atomic E-state index is 5.81. The molecule has 0 unspecified atom stereocenters. The molecule has 3 heterocycles.